The Kier molecular flexibility index (Phi) is 5.10. The minimum absolute atomic E-state index is 0.000347. The highest BCUT2D eigenvalue weighted by molar-refractivity contribution is 5.80. The molecule has 1 aliphatic rings. The third-order valence-electron chi connectivity index (χ3n) is 4.56. The minimum atomic E-state index is -0.000347. The number of benzene rings is 1. The van der Waals surface area contributed by atoms with Gasteiger partial charge in [-0.15, -0.1) is 0 Å². The Hall–Kier alpha value is -1.69. The Labute approximate surface area is 136 Å². The molecule has 0 atom stereocenters. The maximum Gasteiger partial charge on any atom is 0.252 e. The summed E-state index contributed by atoms with van der Waals surface area (Å²) in [6.45, 7) is 10.3. The number of aryl methyl sites for hydroxylation is 2. The highest BCUT2D eigenvalue weighted by Gasteiger charge is 2.09. The van der Waals surface area contributed by atoms with E-state index in [1.807, 2.05) is 12.1 Å². The molecule has 1 aromatic carbocycles. The van der Waals surface area contributed by atoms with Gasteiger partial charge in [-0.05, 0) is 48.6 Å². The molecule has 2 N–H and O–H groups in total. The number of hydrogen-bond donors (Lipinski definition) is 2. The van der Waals surface area contributed by atoms with Crippen LogP contribution in [0.5, 0.6) is 0 Å². The van der Waals surface area contributed by atoms with E-state index in [0.717, 1.165) is 55.9 Å². The van der Waals surface area contributed by atoms with Gasteiger partial charge in [-0.25, -0.2) is 0 Å². The summed E-state index contributed by atoms with van der Waals surface area (Å²) in [7, 11) is 0. The lowest BCUT2D eigenvalue weighted by atomic mass is 10.1. The third-order valence-corrected chi connectivity index (χ3v) is 4.56. The molecule has 1 aliphatic heterocycles. The van der Waals surface area contributed by atoms with E-state index in [0.29, 0.717) is 6.54 Å². The van der Waals surface area contributed by atoms with E-state index < -0.39 is 0 Å². The van der Waals surface area contributed by atoms with Crippen molar-refractivity contribution in [3.05, 3.63) is 45.2 Å². The zero-order valence-electron chi connectivity index (χ0n) is 13.9. The number of aromatic nitrogens is 1. The van der Waals surface area contributed by atoms with Gasteiger partial charge in [-0.3, -0.25) is 9.69 Å². The number of hydrogen-bond acceptors (Lipinski definition) is 4. The molecule has 0 radical (unpaired) electrons. The molecule has 0 bridgehead atoms. The molecule has 1 fully saturated rings. The van der Waals surface area contributed by atoms with Crippen molar-refractivity contribution in [1.29, 1.82) is 0 Å². The smallest absolute Gasteiger partial charge is 0.252 e. The Morgan fingerprint density at radius 2 is 1.91 bits per heavy atom. The van der Waals surface area contributed by atoms with Crippen LogP contribution in [0.25, 0.3) is 10.9 Å². The SMILES string of the molecule is Cc1cc2cc(CNCCN3CCOCC3)c(=O)[nH]c2cc1C. The molecule has 5 heteroatoms. The molecule has 0 amide bonds. The van der Waals surface area contributed by atoms with Crippen LogP contribution in [0.2, 0.25) is 0 Å². The first-order valence-corrected chi connectivity index (χ1v) is 8.27. The lowest BCUT2D eigenvalue weighted by Crippen LogP contribution is -2.40. The standard InChI is InChI=1S/C18H25N3O2/c1-13-9-15-11-16(18(22)20-17(15)10-14(13)2)12-19-3-4-21-5-7-23-8-6-21/h9-11,19H,3-8,12H2,1-2H3,(H,20,22). The van der Waals surface area contributed by atoms with Crippen molar-refractivity contribution in [3.8, 4) is 0 Å². The number of fused-ring (bicyclic) bond motifs is 1. The summed E-state index contributed by atoms with van der Waals surface area (Å²) >= 11 is 0. The monoisotopic (exact) mass is 315 g/mol. The second-order valence-electron chi connectivity index (χ2n) is 6.28. The van der Waals surface area contributed by atoms with Crippen molar-refractivity contribution < 1.29 is 4.74 Å². The first-order chi connectivity index (χ1) is 11.1. The van der Waals surface area contributed by atoms with Crippen LogP contribution in [-0.2, 0) is 11.3 Å². The molecule has 3 rings (SSSR count). The van der Waals surface area contributed by atoms with Gasteiger partial charge in [0.05, 0.1) is 13.2 Å². The van der Waals surface area contributed by atoms with Crippen molar-refractivity contribution in [2.24, 2.45) is 0 Å². The molecule has 0 spiro atoms. The molecule has 0 aliphatic carbocycles. The quantitative estimate of drug-likeness (QED) is 0.822. The molecule has 2 heterocycles. The molecular weight excluding hydrogens is 290 g/mol. The molecule has 1 aromatic heterocycles. The first kappa shape index (κ1) is 16.2. The van der Waals surface area contributed by atoms with Gasteiger partial charge in [-0.2, -0.15) is 0 Å². The van der Waals surface area contributed by atoms with Crippen LogP contribution in [0, 0.1) is 13.8 Å². The van der Waals surface area contributed by atoms with Gasteiger partial charge in [0, 0.05) is 43.8 Å². The Morgan fingerprint density at radius 1 is 1.17 bits per heavy atom. The van der Waals surface area contributed by atoms with E-state index in [-0.39, 0.29) is 5.56 Å². The van der Waals surface area contributed by atoms with E-state index in [1.165, 1.54) is 11.1 Å². The molecule has 2 aromatic rings. The fourth-order valence-electron chi connectivity index (χ4n) is 2.94. The van der Waals surface area contributed by atoms with Crippen LogP contribution in [0.15, 0.2) is 23.0 Å². The second kappa shape index (κ2) is 7.25. The van der Waals surface area contributed by atoms with Gasteiger partial charge in [0.2, 0.25) is 0 Å². The van der Waals surface area contributed by atoms with E-state index in [1.54, 1.807) is 0 Å². The van der Waals surface area contributed by atoms with Crippen molar-refractivity contribution in [2.45, 2.75) is 20.4 Å². The summed E-state index contributed by atoms with van der Waals surface area (Å²) in [6, 6.07) is 6.18. The number of morpholine rings is 1. The minimum Gasteiger partial charge on any atom is -0.379 e. The van der Waals surface area contributed by atoms with Crippen LogP contribution >= 0.6 is 0 Å². The summed E-state index contributed by atoms with van der Waals surface area (Å²) in [6.07, 6.45) is 0. The van der Waals surface area contributed by atoms with Crippen molar-refractivity contribution in [3.63, 3.8) is 0 Å². The van der Waals surface area contributed by atoms with Gasteiger partial charge in [0.25, 0.3) is 5.56 Å². The average Bonchev–Trinajstić information content (AvgIpc) is 2.55. The summed E-state index contributed by atoms with van der Waals surface area (Å²) in [5.74, 6) is 0. The Balaban J connectivity index is 1.62. The largest absolute Gasteiger partial charge is 0.379 e. The predicted octanol–water partition coefficient (Wildman–Crippen LogP) is 1.57. The highest BCUT2D eigenvalue weighted by atomic mass is 16.5. The van der Waals surface area contributed by atoms with Gasteiger partial charge in [0.15, 0.2) is 0 Å². The van der Waals surface area contributed by atoms with E-state index in [4.69, 9.17) is 4.74 Å². The van der Waals surface area contributed by atoms with Crippen LogP contribution in [-0.4, -0.2) is 49.3 Å². The van der Waals surface area contributed by atoms with E-state index in [2.05, 4.69) is 35.1 Å². The normalized spacial score (nSPS) is 16.1. The number of rotatable bonds is 5. The molecule has 124 valence electrons. The van der Waals surface area contributed by atoms with Gasteiger partial charge < -0.3 is 15.0 Å². The van der Waals surface area contributed by atoms with Crippen LogP contribution in [0.1, 0.15) is 16.7 Å². The van der Waals surface area contributed by atoms with Crippen LogP contribution < -0.4 is 10.9 Å². The summed E-state index contributed by atoms with van der Waals surface area (Å²) in [5.41, 5.74) is 4.15. The third kappa shape index (κ3) is 3.99. The molecule has 0 unspecified atom stereocenters. The lowest BCUT2D eigenvalue weighted by molar-refractivity contribution is 0.0384. The highest BCUT2D eigenvalue weighted by Crippen LogP contribution is 2.17. The van der Waals surface area contributed by atoms with E-state index >= 15 is 0 Å². The number of aromatic amines is 1. The second-order valence-corrected chi connectivity index (χ2v) is 6.28. The maximum absolute atomic E-state index is 12.2. The molecular formula is C18H25N3O2. The topological polar surface area (TPSA) is 57.4 Å². The van der Waals surface area contributed by atoms with E-state index in [9.17, 15) is 4.79 Å². The number of ether oxygens (including phenoxy) is 1. The predicted molar refractivity (Wildman–Crippen MR) is 93.0 cm³/mol. The Morgan fingerprint density at radius 3 is 2.70 bits per heavy atom. The van der Waals surface area contributed by atoms with Crippen LogP contribution in [0.4, 0.5) is 0 Å². The first-order valence-electron chi connectivity index (χ1n) is 8.27. The molecule has 23 heavy (non-hydrogen) atoms. The van der Waals surface area contributed by atoms with Crippen molar-refractivity contribution >= 4 is 10.9 Å². The fourth-order valence-corrected chi connectivity index (χ4v) is 2.94. The van der Waals surface area contributed by atoms with Gasteiger partial charge >= 0.3 is 0 Å². The number of nitrogens with zero attached hydrogens (tertiary/aromatic N) is 1. The van der Waals surface area contributed by atoms with Crippen molar-refractivity contribution in [1.82, 2.24) is 15.2 Å². The molecule has 5 nitrogen and oxygen atoms in total. The number of pyridine rings is 1. The molecule has 1 saturated heterocycles. The van der Waals surface area contributed by atoms with Gasteiger partial charge in [-0.1, -0.05) is 0 Å². The summed E-state index contributed by atoms with van der Waals surface area (Å²) in [5, 5.41) is 4.47. The number of nitrogens with one attached hydrogen (secondary N) is 2. The Bertz CT molecular complexity index is 733. The maximum atomic E-state index is 12.2. The fraction of sp³-hybridized carbons (Fsp3) is 0.500. The average molecular weight is 315 g/mol. The summed E-state index contributed by atoms with van der Waals surface area (Å²) in [4.78, 5) is 17.6. The van der Waals surface area contributed by atoms with Crippen LogP contribution in [0.3, 0.4) is 0 Å². The zero-order chi connectivity index (χ0) is 16.2. The lowest BCUT2D eigenvalue weighted by Gasteiger charge is -2.26. The van der Waals surface area contributed by atoms with Gasteiger partial charge in [0.1, 0.15) is 0 Å². The zero-order valence-corrected chi connectivity index (χ0v) is 13.9. The molecule has 0 saturated carbocycles. The number of H-pyrrole nitrogens is 1. The van der Waals surface area contributed by atoms with Crippen molar-refractivity contribution in [2.75, 3.05) is 39.4 Å². The summed E-state index contributed by atoms with van der Waals surface area (Å²) < 4.78 is 5.34.